The monoisotopic (exact) mass is 410 g/mol. The Bertz CT molecular complexity index is 897. The van der Waals surface area contributed by atoms with Crippen LogP contribution in [-0.2, 0) is 16.0 Å². The number of hydrogen-bond acceptors (Lipinski definition) is 4. The van der Waals surface area contributed by atoms with Crippen molar-refractivity contribution in [3.63, 3.8) is 0 Å². The zero-order chi connectivity index (χ0) is 20.4. The van der Waals surface area contributed by atoms with Gasteiger partial charge in [0.05, 0.1) is 11.7 Å². The van der Waals surface area contributed by atoms with Crippen LogP contribution in [-0.4, -0.2) is 25.3 Å². The molecule has 4 rings (SSSR count). The van der Waals surface area contributed by atoms with Gasteiger partial charge in [-0.25, -0.2) is 0 Å². The van der Waals surface area contributed by atoms with E-state index in [-0.39, 0.29) is 23.2 Å². The van der Waals surface area contributed by atoms with Crippen molar-refractivity contribution in [3.05, 3.63) is 53.1 Å². The Balaban J connectivity index is 1.53. The maximum Gasteiger partial charge on any atom is 0.227 e. The summed E-state index contributed by atoms with van der Waals surface area (Å²) in [4.78, 5) is 14.1. The molecule has 1 aliphatic carbocycles. The molecule has 1 aliphatic heterocycles. The number of nitrogens with one attached hydrogen (secondary N) is 1. The number of nitrogen functional groups attached to an aromatic ring is 1. The van der Waals surface area contributed by atoms with Gasteiger partial charge in [0.1, 0.15) is 0 Å². The third-order valence-corrected chi connectivity index (χ3v) is 7.42. The van der Waals surface area contributed by atoms with E-state index in [1.165, 1.54) is 16.7 Å². The molecule has 6 heteroatoms. The van der Waals surface area contributed by atoms with Crippen molar-refractivity contribution in [1.29, 1.82) is 0 Å². The third-order valence-electron chi connectivity index (χ3n) is 6.06. The molecule has 1 saturated carbocycles. The number of nitrogens with two attached hydrogens (primary N) is 2. The fourth-order valence-corrected chi connectivity index (χ4v) is 5.69. The van der Waals surface area contributed by atoms with E-state index in [4.69, 9.17) is 15.9 Å². The minimum absolute atomic E-state index is 0.0258. The van der Waals surface area contributed by atoms with Gasteiger partial charge < -0.3 is 15.8 Å². The van der Waals surface area contributed by atoms with E-state index < -0.39 is 0 Å². The number of hydrogen-bond donors (Lipinski definition) is 3. The predicted molar refractivity (Wildman–Crippen MR) is 118 cm³/mol. The molecule has 1 atom stereocenters. The second kappa shape index (κ2) is 8.59. The molecule has 2 aromatic rings. The van der Waals surface area contributed by atoms with Crippen LogP contribution in [0.5, 0.6) is 0 Å². The lowest BCUT2D eigenvalue weighted by molar-refractivity contribution is -0.121. The summed E-state index contributed by atoms with van der Waals surface area (Å²) in [5.74, 6) is 0.0958. The Morgan fingerprint density at radius 3 is 2.69 bits per heavy atom. The van der Waals surface area contributed by atoms with Crippen molar-refractivity contribution in [2.24, 2.45) is 5.92 Å². The highest BCUT2D eigenvalue weighted by Gasteiger charge is 2.28. The van der Waals surface area contributed by atoms with Gasteiger partial charge in [0.15, 0.2) is 6.21 Å². The van der Waals surface area contributed by atoms with E-state index in [0.717, 1.165) is 48.9 Å². The van der Waals surface area contributed by atoms with Gasteiger partial charge >= 0.3 is 0 Å². The molecule has 0 radical (unpaired) electrons. The van der Waals surface area contributed by atoms with Crippen molar-refractivity contribution in [2.45, 2.75) is 48.4 Å². The number of anilines is 2. The molecule has 5 nitrogen and oxygen atoms in total. The number of ether oxygens (including phenoxy) is 1. The molecule has 1 fully saturated rings. The molecule has 0 bridgehead atoms. The molecule has 2 aliphatic rings. The number of benzene rings is 2. The van der Waals surface area contributed by atoms with Crippen LogP contribution in [0, 0.1) is 5.92 Å². The van der Waals surface area contributed by atoms with Crippen molar-refractivity contribution < 1.29 is 14.9 Å². The smallest absolute Gasteiger partial charge is 0.227 e. The summed E-state index contributed by atoms with van der Waals surface area (Å²) in [6, 6.07) is 12.3. The van der Waals surface area contributed by atoms with Gasteiger partial charge in [0.2, 0.25) is 5.91 Å². The Morgan fingerprint density at radius 2 is 2.00 bits per heavy atom. The van der Waals surface area contributed by atoms with Gasteiger partial charge in [0, 0.05) is 34.5 Å². The standard InChI is InChI=1S/C23H27N3O2S/c1-28-18-8-6-14(7-9-18)23(27)26-17-10-16(13-24)22(25)19(12-17)21-11-15-4-2-3-5-20(15)29-21/h2-5,10,12-14,18,21,24H,6-9,11,25H2,1H3,(H,26,27)/p+1. The number of fused-ring (bicyclic) bond motifs is 1. The molecule has 0 saturated heterocycles. The lowest BCUT2D eigenvalue weighted by Gasteiger charge is -2.27. The average Bonchev–Trinajstić information content (AvgIpc) is 3.18. The molecular formula is C23H28N3O2S+. The highest BCUT2D eigenvalue weighted by Crippen LogP contribution is 2.48. The Hall–Kier alpha value is -2.31. The normalized spacial score (nSPS) is 23.4. The molecular weight excluding hydrogens is 382 g/mol. The number of amides is 1. The van der Waals surface area contributed by atoms with Gasteiger partial charge in [-0.15, -0.1) is 11.8 Å². The van der Waals surface area contributed by atoms with Gasteiger partial charge in [-0.1, -0.05) is 18.2 Å². The van der Waals surface area contributed by atoms with Crippen LogP contribution in [0.15, 0.2) is 41.3 Å². The summed E-state index contributed by atoms with van der Waals surface area (Å²) in [6.07, 6.45) is 6.30. The molecule has 152 valence electrons. The van der Waals surface area contributed by atoms with Gasteiger partial charge in [-0.05, 0) is 61.4 Å². The topological polar surface area (TPSA) is 89.9 Å². The van der Waals surface area contributed by atoms with Gasteiger partial charge in [-0.3, -0.25) is 10.2 Å². The zero-order valence-electron chi connectivity index (χ0n) is 16.7. The molecule has 1 unspecified atom stereocenters. The summed E-state index contributed by atoms with van der Waals surface area (Å²) in [7, 11) is 1.74. The number of methoxy groups -OCH3 is 1. The second-order valence-electron chi connectivity index (χ2n) is 7.85. The molecule has 5 N–H and O–H groups in total. The first-order chi connectivity index (χ1) is 14.1. The van der Waals surface area contributed by atoms with E-state index >= 15 is 0 Å². The first-order valence-corrected chi connectivity index (χ1v) is 11.0. The third kappa shape index (κ3) is 4.19. The van der Waals surface area contributed by atoms with Crippen LogP contribution in [0.1, 0.15) is 47.6 Å². The molecule has 0 aromatic heterocycles. The fourth-order valence-electron chi connectivity index (χ4n) is 4.34. The van der Waals surface area contributed by atoms with Crippen LogP contribution < -0.4 is 16.5 Å². The maximum atomic E-state index is 12.8. The van der Waals surface area contributed by atoms with Gasteiger partial charge in [-0.2, -0.15) is 0 Å². The summed E-state index contributed by atoms with van der Waals surface area (Å²) in [6.45, 7) is 0. The van der Waals surface area contributed by atoms with Crippen LogP contribution >= 0.6 is 11.8 Å². The minimum atomic E-state index is 0.0258. The average molecular weight is 411 g/mol. The van der Waals surface area contributed by atoms with E-state index in [2.05, 4.69) is 29.6 Å². The first-order valence-electron chi connectivity index (χ1n) is 10.2. The minimum Gasteiger partial charge on any atom is -0.398 e. The lowest BCUT2D eigenvalue weighted by Crippen LogP contribution is -2.31. The second-order valence-corrected chi connectivity index (χ2v) is 9.10. The quantitative estimate of drug-likeness (QED) is 0.522. The predicted octanol–water partition coefficient (Wildman–Crippen LogP) is 2.98. The molecule has 1 amide bonds. The van der Waals surface area contributed by atoms with Crippen LogP contribution in [0.25, 0.3) is 0 Å². The van der Waals surface area contributed by atoms with E-state index in [1.54, 1.807) is 7.11 Å². The SMILES string of the molecule is COC1CCC(C(=O)Nc2cc(C=[NH2+])c(N)c(C3Cc4ccccc4S3)c2)CC1. The fraction of sp³-hybridized carbons (Fsp3) is 0.391. The summed E-state index contributed by atoms with van der Waals surface area (Å²) in [5.41, 5.74) is 11.0. The molecule has 1 heterocycles. The Morgan fingerprint density at radius 1 is 1.24 bits per heavy atom. The van der Waals surface area contributed by atoms with Crippen molar-refractivity contribution in [1.82, 2.24) is 0 Å². The molecule has 2 aromatic carbocycles. The Labute approximate surface area is 175 Å². The van der Waals surface area contributed by atoms with Crippen LogP contribution in [0.4, 0.5) is 11.4 Å². The van der Waals surface area contributed by atoms with E-state index in [0.29, 0.717) is 5.69 Å². The number of carbonyl (C=O) groups excluding carboxylic acids is 1. The van der Waals surface area contributed by atoms with Gasteiger partial charge in [0.25, 0.3) is 0 Å². The number of rotatable bonds is 5. The number of thioether (sulfide) groups is 1. The van der Waals surface area contributed by atoms with Crippen molar-refractivity contribution in [3.8, 4) is 0 Å². The van der Waals surface area contributed by atoms with E-state index in [1.807, 2.05) is 23.9 Å². The van der Waals surface area contributed by atoms with Crippen LogP contribution in [0.2, 0.25) is 0 Å². The summed E-state index contributed by atoms with van der Waals surface area (Å²) >= 11 is 1.82. The lowest BCUT2D eigenvalue weighted by atomic mass is 9.86. The van der Waals surface area contributed by atoms with Crippen molar-refractivity contribution >= 4 is 35.3 Å². The van der Waals surface area contributed by atoms with Crippen molar-refractivity contribution in [2.75, 3.05) is 18.2 Å². The summed E-state index contributed by atoms with van der Waals surface area (Å²) < 4.78 is 5.41. The zero-order valence-corrected chi connectivity index (χ0v) is 17.5. The maximum absolute atomic E-state index is 12.8. The summed E-state index contributed by atoms with van der Waals surface area (Å²) in [5, 5.41) is 9.17. The van der Waals surface area contributed by atoms with E-state index in [9.17, 15) is 4.79 Å². The molecule has 0 spiro atoms. The van der Waals surface area contributed by atoms with Crippen LogP contribution in [0.3, 0.4) is 0 Å². The largest absolute Gasteiger partial charge is 0.398 e. The highest BCUT2D eigenvalue weighted by atomic mass is 32.2. The number of carbonyl (C=O) groups is 1. The first kappa shape index (κ1) is 20.0. The highest BCUT2D eigenvalue weighted by molar-refractivity contribution is 7.99. The molecule has 29 heavy (non-hydrogen) atoms. The Kier molecular flexibility index (Phi) is 5.92.